The Balaban J connectivity index is 1.58. The van der Waals surface area contributed by atoms with Crippen molar-refractivity contribution < 1.29 is 9.53 Å². The summed E-state index contributed by atoms with van der Waals surface area (Å²) in [6, 6.07) is 0. The van der Waals surface area contributed by atoms with E-state index >= 15 is 0 Å². The van der Waals surface area contributed by atoms with Crippen LogP contribution in [-0.2, 0) is 9.53 Å². The summed E-state index contributed by atoms with van der Waals surface area (Å²) in [6.45, 7) is 3.77. The van der Waals surface area contributed by atoms with Crippen LogP contribution in [0.3, 0.4) is 0 Å². The van der Waals surface area contributed by atoms with E-state index in [1.807, 2.05) is 0 Å². The van der Waals surface area contributed by atoms with Gasteiger partial charge in [-0.1, -0.05) is 0 Å². The number of carbonyl (C=O) groups is 1. The van der Waals surface area contributed by atoms with Crippen LogP contribution < -0.4 is 10.6 Å². The monoisotopic (exact) mass is 212 g/mol. The molecule has 15 heavy (non-hydrogen) atoms. The SMILES string of the molecule is O=C(NCCC1CCNC1)[C@@H]1CCCO1. The van der Waals surface area contributed by atoms with Crippen LogP contribution in [0.2, 0.25) is 0 Å². The number of ether oxygens (including phenoxy) is 1. The molecule has 0 spiro atoms. The Bertz CT molecular complexity index is 209. The Kier molecular flexibility index (Phi) is 3.97. The Morgan fingerprint density at radius 3 is 3.07 bits per heavy atom. The van der Waals surface area contributed by atoms with Crippen LogP contribution in [0.1, 0.15) is 25.7 Å². The first-order chi connectivity index (χ1) is 7.36. The van der Waals surface area contributed by atoms with Crippen molar-refractivity contribution in [1.82, 2.24) is 10.6 Å². The van der Waals surface area contributed by atoms with Gasteiger partial charge in [0.15, 0.2) is 0 Å². The van der Waals surface area contributed by atoms with Gasteiger partial charge < -0.3 is 15.4 Å². The lowest BCUT2D eigenvalue weighted by atomic mass is 10.1. The first kappa shape index (κ1) is 10.9. The fourth-order valence-electron chi connectivity index (χ4n) is 2.26. The highest BCUT2D eigenvalue weighted by Gasteiger charge is 2.23. The van der Waals surface area contributed by atoms with Crippen LogP contribution >= 0.6 is 0 Å². The van der Waals surface area contributed by atoms with Crippen molar-refractivity contribution in [2.45, 2.75) is 31.8 Å². The molecule has 2 heterocycles. The van der Waals surface area contributed by atoms with Crippen LogP contribution in [0.4, 0.5) is 0 Å². The molecule has 0 aromatic carbocycles. The van der Waals surface area contributed by atoms with E-state index < -0.39 is 0 Å². The first-order valence-electron chi connectivity index (χ1n) is 5.96. The van der Waals surface area contributed by atoms with Crippen molar-refractivity contribution in [2.24, 2.45) is 5.92 Å². The fraction of sp³-hybridized carbons (Fsp3) is 0.909. The zero-order valence-electron chi connectivity index (χ0n) is 9.13. The molecule has 4 heteroatoms. The van der Waals surface area contributed by atoms with Gasteiger partial charge in [0.1, 0.15) is 6.10 Å². The normalized spacial score (nSPS) is 30.7. The molecule has 2 rings (SSSR count). The molecule has 2 saturated heterocycles. The van der Waals surface area contributed by atoms with E-state index in [4.69, 9.17) is 4.74 Å². The van der Waals surface area contributed by atoms with Crippen molar-refractivity contribution in [3.8, 4) is 0 Å². The van der Waals surface area contributed by atoms with Gasteiger partial charge in [0, 0.05) is 13.2 Å². The van der Waals surface area contributed by atoms with Gasteiger partial charge in [-0.15, -0.1) is 0 Å². The van der Waals surface area contributed by atoms with E-state index in [-0.39, 0.29) is 12.0 Å². The second-order valence-electron chi connectivity index (χ2n) is 4.44. The minimum Gasteiger partial charge on any atom is -0.368 e. The van der Waals surface area contributed by atoms with E-state index in [1.54, 1.807) is 0 Å². The van der Waals surface area contributed by atoms with E-state index in [2.05, 4.69) is 10.6 Å². The molecule has 0 bridgehead atoms. The molecular formula is C11H20N2O2. The lowest BCUT2D eigenvalue weighted by Gasteiger charge is -2.12. The molecule has 4 nitrogen and oxygen atoms in total. The predicted molar refractivity (Wildman–Crippen MR) is 57.6 cm³/mol. The van der Waals surface area contributed by atoms with Gasteiger partial charge in [0.05, 0.1) is 0 Å². The second-order valence-corrected chi connectivity index (χ2v) is 4.44. The smallest absolute Gasteiger partial charge is 0.249 e. The molecule has 0 aromatic rings. The van der Waals surface area contributed by atoms with Gasteiger partial charge in [-0.3, -0.25) is 4.79 Å². The van der Waals surface area contributed by atoms with E-state index in [0.29, 0.717) is 0 Å². The number of nitrogens with one attached hydrogen (secondary N) is 2. The summed E-state index contributed by atoms with van der Waals surface area (Å²) in [5.74, 6) is 0.827. The molecule has 2 N–H and O–H groups in total. The zero-order valence-corrected chi connectivity index (χ0v) is 9.13. The van der Waals surface area contributed by atoms with Crippen LogP contribution in [0.5, 0.6) is 0 Å². The highest BCUT2D eigenvalue weighted by Crippen LogP contribution is 2.13. The van der Waals surface area contributed by atoms with Crippen molar-refractivity contribution in [1.29, 1.82) is 0 Å². The largest absolute Gasteiger partial charge is 0.368 e. The van der Waals surface area contributed by atoms with Gasteiger partial charge >= 0.3 is 0 Å². The van der Waals surface area contributed by atoms with Crippen LogP contribution in [0.15, 0.2) is 0 Å². The Morgan fingerprint density at radius 2 is 2.40 bits per heavy atom. The summed E-state index contributed by atoms with van der Waals surface area (Å²) in [6.07, 6.45) is 4.06. The molecule has 1 unspecified atom stereocenters. The highest BCUT2D eigenvalue weighted by atomic mass is 16.5. The minimum absolute atomic E-state index is 0.0819. The van der Waals surface area contributed by atoms with Crippen LogP contribution in [0.25, 0.3) is 0 Å². The predicted octanol–water partition coefficient (Wildman–Crippen LogP) is 0.281. The van der Waals surface area contributed by atoms with Crippen molar-refractivity contribution in [3.05, 3.63) is 0 Å². The summed E-state index contributed by atoms with van der Waals surface area (Å²) in [7, 11) is 0. The topological polar surface area (TPSA) is 50.4 Å². The number of amides is 1. The molecular weight excluding hydrogens is 192 g/mol. The van der Waals surface area contributed by atoms with Crippen molar-refractivity contribution in [3.63, 3.8) is 0 Å². The molecule has 86 valence electrons. The molecule has 2 fully saturated rings. The summed E-state index contributed by atoms with van der Waals surface area (Å²) in [5.41, 5.74) is 0. The van der Waals surface area contributed by atoms with E-state index in [1.165, 1.54) is 6.42 Å². The minimum atomic E-state index is -0.174. The number of hydrogen-bond donors (Lipinski definition) is 2. The average molecular weight is 212 g/mol. The lowest BCUT2D eigenvalue weighted by molar-refractivity contribution is -0.130. The van der Waals surface area contributed by atoms with Crippen LogP contribution in [0, 0.1) is 5.92 Å². The number of hydrogen-bond acceptors (Lipinski definition) is 3. The molecule has 0 saturated carbocycles. The van der Waals surface area contributed by atoms with E-state index in [0.717, 1.165) is 51.4 Å². The van der Waals surface area contributed by atoms with Crippen molar-refractivity contribution >= 4 is 5.91 Å². The Labute approximate surface area is 90.8 Å². The maximum atomic E-state index is 11.6. The molecule has 2 aliphatic rings. The maximum Gasteiger partial charge on any atom is 0.249 e. The lowest BCUT2D eigenvalue weighted by Crippen LogP contribution is -2.35. The van der Waals surface area contributed by atoms with E-state index in [9.17, 15) is 4.79 Å². The summed E-state index contributed by atoms with van der Waals surface area (Å²) in [5, 5.41) is 6.29. The molecule has 0 aliphatic carbocycles. The number of carbonyl (C=O) groups excluding carboxylic acids is 1. The zero-order chi connectivity index (χ0) is 10.5. The fourth-order valence-corrected chi connectivity index (χ4v) is 2.26. The van der Waals surface area contributed by atoms with Gasteiger partial charge in [0.2, 0.25) is 5.91 Å². The second kappa shape index (κ2) is 5.47. The van der Waals surface area contributed by atoms with Crippen LogP contribution in [-0.4, -0.2) is 38.3 Å². The summed E-state index contributed by atoms with van der Waals surface area (Å²) in [4.78, 5) is 11.6. The number of rotatable bonds is 4. The Hall–Kier alpha value is -0.610. The summed E-state index contributed by atoms with van der Waals surface area (Å²) < 4.78 is 5.31. The van der Waals surface area contributed by atoms with Gasteiger partial charge in [-0.2, -0.15) is 0 Å². The quantitative estimate of drug-likeness (QED) is 0.704. The van der Waals surface area contributed by atoms with Gasteiger partial charge in [0.25, 0.3) is 0 Å². The maximum absolute atomic E-state index is 11.6. The average Bonchev–Trinajstić information content (AvgIpc) is 2.90. The third-order valence-electron chi connectivity index (χ3n) is 3.24. The Morgan fingerprint density at radius 1 is 1.47 bits per heavy atom. The molecule has 2 aliphatic heterocycles. The highest BCUT2D eigenvalue weighted by molar-refractivity contribution is 5.80. The first-order valence-corrected chi connectivity index (χ1v) is 5.96. The standard InChI is InChI=1S/C11H20N2O2/c14-11(10-2-1-7-15-10)13-6-4-9-3-5-12-8-9/h9-10,12H,1-8H2,(H,13,14)/t9?,10-/m0/s1. The third-order valence-corrected chi connectivity index (χ3v) is 3.24. The van der Waals surface area contributed by atoms with Gasteiger partial charge in [-0.25, -0.2) is 0 Å². The molecule has 2 atom stereocenters. The third kappa shape index (κ3) is 3.18. The van der Waals surface area contributed by atoms with Gasteiger partial charge in [-0.05, 0) is 44.7 Å². The molecule has 0 aromatic heterocycles. The molecule has 0 radical (unpaired) electrons. The van der Waals surface area contributed by atoms with Crippen molar-refractivity contribution in [2.75, 3.05) is 26.2 Å². The summed E-state index contributed by atoms with van der Waals surface area (Å²) >= 11 is 0. The molecule has 1 amide bonds.